The van der Waals surface area contributed by atoms with E-state index >= 15 is 0 Å². The van der Waals surface area contributed by atoms with Crippen LogP contribution in [0.1, 0.15) is 6.92 Å². The topological polar surface area (TPSA) is 141 Å². The fraction of sp³-hybridized carbons (Fsp3) is 0.632. The average Bonchev–Trinajstić information content (AvgIpc) is 2.78. The molecule has 1 heterocycles. The number of hydrogen-bond donors (Lipinski definition) is 0. The van der Waals surface area contributed by atoms with Crippen molar-refractivity contribution in [2.75, 3.05) is 42.1 Å². The van der Waals surface area contributed by atoms with E-state index in [1.807, 2.05) is 6.07 Å². The molecule has 0 fully saturated rings. The van der Waals surface area contributed by atoms with Crippen molar-refractivity contribution in [2.24, 2.45) is 23.7 Å². The fourth-order valence-electron chi connectivity index (χ4n) is 3.69. The molecule has 11 nitrogen and oxygen atoms in total. The molecule has 166 valence electrons. The molecule has 1 aliphatic rings. The molecule has 0 aromatic rings. The van der Waals surface area contributed by atoms with Crippen molar-refractivity contribution in [3.8, 4) is 6.07 Å². The van der Waals surface area contributed by atoms with Crippen LogP contribution in [-0.2, 0) is 42.9 Å². The number of nitriles is 1. The van der Waals surface area contributed by atoms with Gasteiger partial charge in [-0.1, -0.05) is 0 Å². The van der Waals surface area contributed by atoms with Crippen LogP contribution >= 0.6 is 0 Å². The first-order valence-corrected chi connectivity index (χ1v) is 8.99. The van der Waals surface area contributed by atoms with Gasteiger partial charge in [-0.3, -0.25) is 19.2 Å². The zero-order valence-electron chi connectivity index (χ0n) is 17.7. The van der Waals surface area contributed by atoms with Gasteiger partial charge < -0.3 is 28.6 Å². The van der Waals surface area contributed by atoms with Crippen LogP contribution in [-0.4, -0.2) is 77.1 Å². The van der Waals surface area contributed by atoms with Gasteiger partial charge in [0.15, 0.2) is 11.8 Å². The Morgan fingerprint density at radius 3 is 1.70 bits per heavy atom. The van der Waals surface area contributed by atoms with E-state index in [1.165, 1.54) is 13.3 Å². The Morgan fingerprint density at radius 2 is 1.37 bits per heavy atom. The predicted octanol–water partition coefficient (Wildman–Crippen LogP) is -0.141. The van der Waals surface area contributed by atoms with Crippen LogP contribution in [0.2, 0.25) is 0 Å². The SMILES string of the molecule is CCN1C=C(C#N)[C@H](C(C(=O)OC)C(=O)OC)[C@@H](C(C(=O)OC)C(=O)OC)[C@@H]1OC. The molecule has 0 aromatic carbocycles. The van der Waals surface area contributed by atoms with Gasteiger partial charge in [0, 0.05) is 31.7 Å². The second-order valence-corrected chi connectivity index (χ2v) is 6.30. The minimum atomic E-state index is -1.63. The van der Waals surface area contributed by atoms with Gasteiger partial charge in [-0.2, -0.15) is 5.26 Å². The van der Waals surface area contributed by atoms with Gasteiger partial charge in [-0.05, 0) is 6.92 Å². The molecule has 0 bridgehead atoms. The van der Waals surface area contributed by atoms with Crippen LogP contribution in [0.4, 0.5) is 0 Å². The number of nitrogens with zero attached hydrogens (tertiary/aromatic N) is 2. The summed E-state index contributed by atoms with van der Waals surface area (Å²) in [5.41, 5.74) is -0.0336. The zero-order valence-corrected chi connectivity index (χ0v) is 17.7. The highest BCUT2D eigenvalue weighted by Crippen LogP contribution is 2.43. The van der Waals surface area contributed by atoms with E-state index in [9.17, 15) is 24.4 Å². The van der Waals surface area contributed by atoms with Gasteiger partial charge in [0.05, 0.1) is 40.1 Å². The molecule has 30 heavy (non-hydrogen) atoms. The summed E-state index contributed by atoms with van der Waals surface area (Å²) in [6.07, 6.45) is 0.442. The number of rotatable bonds is 8. The molecule has 0 aromatic heterocycles. The Labute approximate surface area is 174 Å². The molecule has 0 saturated heterocycles. The van der Waals surface area contributed by atoms with Crippen molar-refractivity contribution >= 4 is 23.9 Å². The number of carbonyl (C=O) groups is 4. The lowest BCUT2D eigenvalue weighted by atomic mass is 9.68. The smallest absolute Gasteiger partial charge is 0.320 e. The summed E-state index contributed by atoms with van der Waals surface area (Å²) in [4.78, 5) is 51.8. The maximum Gasteiger partial charge on any atom is 0.320 e. The van der Waals surface area contributed by atoms with E-state index in [4.69, 9.17) is 23.7 Å². The summed E-state index contributed by atoms with van der Waals surface area (Å²) < 4.78 is 24.6. The number of carbonyl (C=O) groups excluding carboxylic acids is 4. The summed E-state index contributed by atoms with van der Waals surface area (Å²) >= 11 is 0. The first-order valence-electron chi connectivity index (χ1n) is 8.99. The minimum absolute atomic E-state index is 0.0336. The third-order valence-electron chi connectivity index (χ3n) is 5.04. The molecule has 11 heteroatoms. The van der Waals surface area contributed by atoms with Gasteiger partial charge in [-0.15, -0.1) is 0 Å². The standard InChI is InChI=1S/C19H26N2O9/c1-7-21-9-10(8-20)11(13(16(22)27-3)17(23)28-4)12(15(21)26-2)14(18(24)29-5)19(25)30-6/h9,11-15H,7H2,1-6H3/t11-,12-,15-/m0/s1. The number of hydrogen-bond acceptors (Lipinski definition) is 11. The first-order chi connectivity index (χ1) is 14.3. The molecule has 0 N–H and O–H groups in total. The van der Waals surface area contributed by atoms with Gasteiger partial charge in [-0.25, -0.2) is 0 Å². The van der Waals surface area contributed by atoms with Crippen LogP contribution in [0.5, 0.6) is 0 Å². The normalized spacial score (nSPS) is 20.8. The van der Waals surface area contributed by atoms with Crippen molar-refractivity contribution < 1.29 is 42.9 Å². The van der Waals surface area contributed by atoms with Crippen molar-refractivity contribution in [1.82, 2.24) is 4.90 Å². The van der Waals surface area contributed by atoms with Crippen LogP contribution < -0.4 is 0 Å². The molecule has 3 atom stereocenters. The Morgan fingerprint density at radius 1 is 0.933 bits per heavy atom. The summed E-state index contributed by atoms with van der Waals surface area (Å²) in [5, 5.41) is 9.76. The highest BCUT2D eigenvalue weighted by molar-refractivity contribution is 5.98. The van der Waals surface area contributed by atoms with Crippen LogP contribution in [0.25, 0.3) is 0 Å². The first kappa shape index (κ1) is 24.9. The predicted molar refractivity (Wildman–Crippen MR) is 98.9 cm³/mol. The Balaban J connectivity index is 3.87. The van der Waals surface area contributed by atoms with E-state index in [-0.39, 0.29) is 5.57 Å². The second kappa shape index (κ2) is 11.2. The highest BCUT2D eigenvalue weighted by Gasteiger charge is 2.56. The number of ether oxygens (including phenoxy) is 5. The third-order valence-corrected chi connectivity index (χ3v) is 5.04. The van der Waals surface area contributed by atoms with Gasteiger partial charge in [0.25, 0.3) is 0 Å². The van der Waals surface area contributed by atoms with Crippen molar-refractivity contribution in [3.05, 3.63) is 11.8 Å². The van der Waals surface area contributed by atoms with Gasteiger partial charge >= 0.3 is 23.9 Å². The number of esters is 4. The Kier molecular flexibility index (Phi) is 9.26. The lowest BCUT2D eigenvalue weighted by molar-refractivity contribution is -0.179. The fourth-order valence-corrected chi connectivity index (χ4v) is 3.69. The maximum absolute atomic E-state index is 12.6. The Bertz CT molecular complexity index is 711. The number of methoxy groups -OCH3 is 5. The largest absolute Gasteiger partial charge is 0.468 e. The van der Waals surface area contributed by atoms with Crippen LogP contribution in [0.15, 0.2) is 11.8 Å². The molecule has 0 amide bonds. The molecular weight excluding hydrogens is 400 g/mol. The van der Waals surface area contributed by atoms with Crippen LogP contribution in [0, 0.1) is 35.0 Å². The van der Waals surface area contributed by atoms with E-state index < -0.39 is 53.8 Å². The third kappa shape index (κ3) is 4.71. The Hall–Kier alpha value is -3.13. The average molecular weight is 426 g/mol. The monoisotopic (exact) mass is 426 g/mol. The van der Waals surface area contributed by atoms with Crippen molar-refractivity contribution in [3.63, 3.8) is 0 Å². The van der Waals surface area contributed by atoms with E-state index in [0.29, 0.717) is 6.54 Å². The highest BCUT2D eigenvalue weighted by atomic mass is 16.6. The lowest BCUT2D eigenvalue weighted by Crippen LogP contribution is -2.56. The summed E-state index contributed by atoms with van der Waals surface area (Å²) in [5.74, 6) is -9.66. The molecule has 0 spiro atoms. The van der Waals surface area contributed by atoms with Crippen LogP contribution in [0.3, 0.4) is 0 Å². The summed E-state index contributed by atoms with van der Waals surface area (Å²) in [7, 11) is 5.62. The quantitative estimate of drug-likeness (QED) is 0.291. The lowest BCUT2D eigenvalue weighted by Gasteiger charge is -2.45. The van der Waals surface area contributed by atoms with Gasteiger partial charge in [0.2, 0.25) is 0 Å². The van der Waals surface area contributed by atoms with Crippen molar-refractivity contribution in [1.29, 1.82) is 5.26 Å². The van der Waals surface area contributed by atoms with E-state index in [1.54, 1.807) is 11.8 Å². The molecule has 1 rings (SSSR count). The molecule has 0 aliphatic carbocycles. The van der Waals surface area contributed by atoms with E-state index in [0.717, 1.165) is 28.4 Å². The van der Waals surface area contributed by atoms with Crippen molar-refractivity contribution in [2.45, 2.75) is 13.2 Å². The summed E-state index contributed by atoms with van der Waals surface area (Å²) in [6, 6.07) is 1.94. The van der Waals surface area contributed by atoms with E-state index in [2.05, 4.69) is 0 Å². The van der Waals surface area contributed by atoms with Gasteiger partial charge in [0.1, 0.15) is 6.23 Å². The number of allylic oxidation sites excluding steroid dienone is 1. The zero-order chi connectivity index (χ0) is 23.0. The molecular formula is C19H26N2O9. The second-order valence-electron chi connectivity index (χ2n) is 6.30. The molecule has 1 aliphatic heterocycles. The maximum atomic E-state index is 12.6. The molecule has 0 saturated carbocycles. The molecule has 0 radical (unpaired) electrons. The molecule has 0 unspecified atom stereocenters. The summed E-state index contributed by atoms with van der Waals surface area (Å²) in [6.45, 7) is 2.10. The minimum Gasteiger partial charge on any atom is -0.468 e.